The van der Waals surface area contributed by atoms with Gasteiger partial charge in [0.1, 0.15) is 0 Å². The van der Waals surface area contributed by atoms with Gasteiger partial charge in [0.15, 0.2) is 0 Å². The number of sulfonamides is 1. The quantitative estimate of drug-likeness (QED) is 0.842. The van der Waals surface area contributed by atoms with Crippen LogP contribution >= 0.6 is 15.9 Å². The second kappa shape index (κ2) is 4.47. The third kappa shape index (κ3) is 2.31. The molecule has 0 spiro atoms. The zero-order valence-corrected chi connectivity index (χ0v) is 11.5. The first-order chi connectivity index (χ1) is 7.50. The second-order valence-corrected chi connectivity index (χ2v) is 7.06. The first kappa shape index (κ1) is 12.1. The monoisotopic (exact) mass is 303 g/mol. The molecule has 1 saturated heterocycles. The van der Waals surface area contributed by atoms with Crippen LogP contribution < -0.4 is 0 Å². The maximum absolute atomic E-state index is 12.2. The molecule has 1 atom stereocenters. The number of hydrogen-bond acceptors (Lipinski definition) is 2. The summed E-state index contributed by atoms with van der Waals surface area (Å²) in [6.45, 7) is 3.36. The molecule has 16 heavy (non-hydrogen) atoms. The van der Waals surface area contributed by atoms with Crippen LogP contribution in [0.15, 0.2) is 33.6 Å². The van der Waals surface area contributed by atoms with E-state index in [2.05, 4.69) is 22.9 Å². The molecule has 2 rings (SSSR count). The van der Waals surface area contributed by atoms with Crippen molar-refractivity contribution >= 4 is 26.0 Å². The third-order valence-electron chi connectivity index (χ3n) is 2.84. The van der Waals surface area contributed by atoms with Gasteiger partial charge in [-0.3, -0.25) is 0 Å². The van der Waals surface area contributed by atoms with Gasteiger partial charge in [0.05, 0.1) is 4.90 Å². The van der Waals surface area contributed by atoms with Gasteiger partial charge in [0, 0.05) is 17.6 Å². The highest BCUT2D eigenvalue weighted by Crippen LogP contribution is 2.24. The number of rotatable bonds is 2. The van der Waals surface area contributed by atoms with Crippen LogP contribution in [0.1, 0.15) is 13.3 Å². The van der Waals surface area contributed by atoms with Gasteiger partial charge in [0.2, 0.25) is 10.0 Å². The predicted octanol–water partition coefficient (Wildman–Crippen LogP) is 2.48. The van der Waals surface area contributed by atoms with Crippen LogP contribution in [0.4, 0.5) is 0 Å². The van der Waals surface area contributed by atoms with Crippen molar-refractivity contribution in [3.05, 3.63) is 28.7 Å². The summed E-state index contributed by atoms with van der Waals surface area (Å²) in [7, 11) is -3.28. The van der Waals surface area contributed by atoms with E-state index >= 15 is 0 Å². The SMILES string of the molecule is CC1CCN(S(=O)(=O)c2ccc(Br)cc2)C1. The van der Waals surface area contributed by atoms with E-state index in [9.17, 15) is 8.42 Å². The highest BCUT2D eigenvalue weighted by molar-refractivity contribution is 9.10. The van der Waals surface area contributed by atoms with Crippen LogP contribution in [-0.4, -0.2) is 25.8 Å². The summed E-state index contributed by atoms with van der Waals surface area (Å²) in [6.07, 6.45) is 0.954. The smallest absolute Gasteiger partial charge is 0.207 e. The van der Waals surface area contributed by atoms with Crippen LogP contribution in [-0.2, 0) is 10.0 Å². The van der Waals surface area contributed by atoms with Gasteiger partial charge in [-0.1, -0.05) is 22.9 Å². The van der Waals surface area contributed by atoms with E-state index in [1.165, 1.54) is 0 Å². The molecule has 0 radical (unpaired) electrons. The molecule has 1 unspecified atom stereocenters. The number of hydrogen-bond donors (Lipinski definition) is 0. The minimum atomic E-state index is -3.28. The molecule has 0 aliphatic carbocycles. The van der Waals surface area contributed by atoms with Gasteiger partial charge in [-0.05, 0) is 36.6 Å². The lowest BCUT2D eigenvalue weighted by Gasteiger charge is -2.15. The van der Waals surface area contributed by atoms with Gasteiger partial charge in [-0.15, -0.1) is 0 Å². The summed E-state index contributed by atoms with van der Waals surface area (Å²) in [5, 5.41) is 0. The second-order valence-electron chi connectivity index (χ2n) is 4.21. The highest BCUT2D eigenvalue weighted by atomic mass is 79.9. The molecule has 0 bridgehead atoms. The summed E-state index contributed by atoms with van der Waals surface area (Å²) in [6, 6.07) is 6.80. The van der Waals surface area contributed by atoms with Crippen molar-refractivity contribution in [3.8, 4) is 0 Å². The maximum Gasteiger partial charge on any atom is 0.243 e. The lowest BCUT2D eigenvalue weighted by atomic mass is 10.2. The average molecular weight is 304 g/mol. The van der Waals surface area contributed by atoms with Crippen LogP contribution in [0.25, 0.3) is 0 Å². The topological polar surface area (TPSA) is 37.4 Å². The molecule has 5 heteroatoms. The molecule has 1 heterocycles. The zero-order chi connectivity index (χ0) is 11.8. The largest absolute Gasteiger partial charge is 0.243 e. The van der Waals surface area contributed by atoms with E-state index in [4.69, 9.17) is 0 Å². The van der Waals surface area contributed by atoms with E-state index in [0.29, 0.717) is 23.9 Å². The molecular formula is C11H14BrNO2S. The fraction of sp³-hybridized carbons (Fsp3) is 0.455. The Kier molecular flexibility index (Phi) is 3.37. The van der Waals surface area contributed by atoms with E-state index < -0.39 is 10.0 Å². The molecule has 1 aliphatic heterocycles. The molecule has 1 aromatic rings. The van der Waals surface area contributed by atoms with Gasteiger partial charge >= 0.3 is 0 Å². The van der Waals surface area contributed by atoms with Gasteiger partial charge in [0.25, 0.3) is 0 Å². The molecular weight excluding hydrogens is 290 g/mol. The number of benzene rings is 1. The lowest BCUT2D eigenvalue weighted by Crippen LogP contribution is -2.28. The summed E-state index contributed by atoms with van der Waals surface area (Å²) >= 11 is 3.30. The molecule has 1 fully saturated rings. The molecule has 3 nitrogen and oxygen atoms in total. The maximum atomic E-state index is 12.2. The molecule has 88 valence electrons. The van der Waals surface area contributed by atoms with Gasteiger partial charge in [-0.2, -0.15) is 4.31 Å². The molecule has 1 aliphatic rings. The van der Waals surface area contributed by atoms with Crippen molar-refractivity contribution in [3.63, 3.8) is 0 Å². The fourth-order valence-electron chi connectivity index (χ4n) is 1.87. The molecule has 0 aromatic heterocycles. The van der Waals surface area contributed by atoms with Crippen molar-refractivity contribution in [2.75, 3.05) is 13.1 Å². The standard InChI is InChI=1S/C11H14BrNO2S/c1-9-6-7-13(8-9)16(14,15)11-4-2-10(12)3-5-11/h2-5,9H,6-8H2,1H3. The van der Waals surface area contributed by atoms with Crippen molar-refractivity contribution in [2.45, 2.75) is 18.2 Å². The van der Waals surface area contributed by atoms with Crippen molar-refractivity contribution in [1.29, 1.82) is 0 Å². The van der Waals surface area contributed by atoms with E-state index in [1.807, 2.05) is 0 Å². The minimum Gasteiger partial charge on any atom is -0.207 e. The Labute approximate surface area is 105 Å². The van der Waals surface area contributed by atoms with Crippen molar-refractivity contribution in [1.82, 2.24) is 4.31 Å². The molecule has 0 N–H and O–H groups in total. The lowest BCUT2D eigenvalue weighted by molar-refractivity contribution is 0.464. The fourth-order valence-corrected chi connectivity index (χ4v) is 3.71. The Balaban J connectivity index is 2.29. The normalized spacial score (nSPS) is 22.5. The minimum absolute atomic E-state index is 0.379. The van der Waals surface area contributed by atoms with Gasteiger partial charge < -0.3 is 0 Å². The van der Waals surface area contributed by atoms with Crippen molar-refractivity contribution in [2.24, 2.45) is 5.92 Å². The Morgan fingerprint density at radius 3 is 2.44 bits per heavy atom. The summed E-state index contributed by atoms with van der Waals surface area (Å²) < 4.78 is 26.9. The summed E-state index contributed by atoms with van der Waals surface area (Å²) in [5.74, 6) is 0.463. The van der Waals surface area contributed by atoms with Crippen LogP contribution in [0.2, 0.25) is 0 Å². The summed E-state index contributed by atoms with van der Waals surface area (Å²) in [5.41, 5.74) is 0. The Morgan fingerprint density at radius 1 is 1.31 bits per heavy atom. The zero-order valence-electron chi connectivity index (χ0n) is 9.06. The van der Waals surface area contributed by atoms with E-state index in [0.717, 1.165) is 10.9 Å². The van der Waals surface area contributed by atoms with E-state index in [-0.39, 0.29) is 0 Å². The molecule has 0 amide bonds. The Morgan fingerprint density at radius 2 is 1.94 bits per heavy atom. The Hall–Kier alpha value is -0.390. The first-order valence-corrected chi connectivity index (χ1v) is 7.49. The average Bonchev–Trinajstić information content (AvgIpc) is 2.66. The predicted molar refractivity (Wildman–Crippen MR) is 66.7 cm³/mol. The molecule has 1 aromatic carbocycles. The Bertz CT molecular complexity index is 469. The van der Waals surface area contributed by atoms with Crippen LogP contribution in [0.5, 0.6) is 0 Å². The van der Waals surface area contributed by atoms with Gasteiger partial charge in [-0.25, -0.2) is 8.42 Å². The number of halogens is 1. The first-order valence-electron chi connectivity index (χ1n) is 5.26. The van der Waals surface area contributed by atoms with E-state index in [1.54, 1.807) is 28.6 Å². The summed E-state index contributed by atoms with van der Waals surface area (Å²) in [4.78, 5) is 0.379. The third-order valence-corrected chi connectivity index (χ3v) is 5.25. The van der Waals surface area contributed by atoms with Crippen LogP contribution in [0.3, 0.4) is 0 Å². The van der Waals surface area contributed by atoms with Crippen LogP contribution in [0, 0.1) is 5.92 Å². The van der Waals surface area contributed by atoms with Crippen molar-refractivity contribution < 1.29 is 8.42 Å². The highest BCUT2D eigenvalue weighted by Gasteiger charge is 2.30. The molecule has 0 saturated carbocycles. The number of nitrogens with zero attached hydrogens (tertiary/aromatic N) is 1.